The predicted molar refractivity (Wildman–Crippen MR) is 93.4 cm³/mol. The molecular weight excluding hydrogens is 306 g/mol. The summed E-state index contributed by atoms with van der Waals surface area (Å²) in [4.78, 5) is 25.8. The molecule has 0 saturated heterocycles. The highest BCUT2D eigenvalue weighted by atomic mass is 16.5. The summed E-state index contributed by atoms with van der Waals surface area (Å²) in [5.41, 5.74) is 1.90. The first kappa shape index (κ1) is 18.3. The molecule has 0 aliphatic carbocycles. The van der Waals surface area contributed by atoms with Crippen molar-refractivity contribution >= 4 is 17.6 Å². The van der Waals surface area contributed by atoms with Gasteiger partial charge in [-0.25, -0.2) is 0 Å². The van der Waals surface area contributed by atoms with Crippen molar-refractivity contribution < 1.29 is 19.1 Å². The van der Waals surface area contributed by atoms with E-state index in [1.54, 1.807) is 4.90 Å². The van der Waals surface area contributed by atoms with Crippen molar-refractivity contribution in [1.29, 1.82) is 0 Å². The van der Waals surface area contributed by atoms with Crippen LogP contribution in [0.4, 0.5) is 5.69 Å². The van der Waals surface area contributed by atoms with E-state index in [2.05, 4.69) is 32.4 Å². The molecule has 1 aliphatic heterocycles. The second-order valence-electron chi connectivity index (χ2n) is 6.83. The van der Waals surface area contributed by atoms with E-state index in [4.69, 9.17) is 4.74 Å². The molecule has 0 spiro atoms. The topological polar surface area (TPSA) is 55.8 Å². The number of carbonyl (C=O) groups is 2. The fourth-order valence-electron chi connectivity index (χ4n) is 2.83. The lowest BCUT2D eigenvalue weighted by Gasteiger charge is -2.38. The SMILES string of the molecule is COC(=O)CCC(=O)N1CC(C(C)C)Oc2c(C(C)C)cccc21. The number of esters is 1. The Morgan fingerprint density at radius 3 is 2.54 bits per heavy atom. The molecule has 5 heteroatoms. The average Bonchev–Trinajstić information content (AvgIpc) is 2.57. The maximum atomic E-state index is 12.7. The van der Waals surface area contributed by atoms with E-state index in [-0.39, 0.29) is 36.7 Å². The Morgan fingerprint density at radius 2 is 1.96 bits per heavy atom. The average molecular weight is 333 g/mol. The first-order valence-corrected chi connectivity index (χ1v) is 8.51. The number of rotatable bonds is 5. The molecule has 1 atom stereocenters. The summed E-state index contributed by atoms with van der Waals surface area (Å²) in [6.07, 6.45) is 0.181. The van der Waals surface area contributed by atoms with Crippen molar-refractivity contribution in [1.82, 2.24) is 0 Å². The van der Waals surface area contributed by atoms with Crippen LogP contribution in [0.3, 0.4) is 0 Å². The van der Waals surface area contributed by atoms with Crippen LogP contribution in [0.5, 0.6) is 5.75 Å². The van der Waals surface area contributed by atoms with Gasteiger partial charge in [-0.3, -0.25) is 9.59 Å². The van der Waals surface area contributed by atoms with E-state index in [1.807, 2.05) is 18.2 Å². The van der Waals surface area contributed by atoms with Gasteiger partial charge >= 0.3 is 5.97 Å². The zero-order valence-corrected chi connectivity index (χ0v) is 15.2. The van der Waals surface area contributed by atoms with E-state index in [9.17, 15) is 9.59 Å². The number of anilines is 1. The van der Waals surface area contributed by atoms with Gasteiger partial charge in [0.1, 0.15) is 11.9 Å². The summed E-state index contributed by atoms with van der Waals surface area (Å²) in [7, 11) is 1.33. The first-order valence-electron chi connectivity index (χ1n) is 8.51. The highest BCUT2D eigenvalue weighted by Gasteiger charge is 2.33. The number of ether oxygens (including phenoxy) is 2. The van der Waals surface area contributed by atoms with Gasteiger partial charge in [-0.2, -0.15) is 0 Å². The van der Waals surface area contributed by atoms with E-state index in [1.165, 1.54) is 7.11 Å². The van der Waals surface area contributed by atoms with Gasteiger partial charge in [0.05, 0.1) is 25.8 Å². The van der Waals surface area contributed by atoms with Gasteiger partial charge in [0.25, 0.3) is 0 Å². The lowest BCUT2D eigenvalue weighted by Crippen LogP contribution is -2.46. The van der Waals surface area contributed by atoms with Gasteiger partial charge in [-0.1, -0.05) is 39.8 Å². The van der Waals surface area contributed by atoms with Gasteiger partial charge in [0.15, 0.2) is 0 Å². The third kappa shape index (κ3) is 3.89. The molecule has 0 saturated carbocycles. The Morgan fingerprint density at radius 1 is 1.25 bits per heavy atom. The molecule has 0 bridgehead atoms. The Balaban J connectivity index is 2.33. The number of methoxy groups -OCH3 is 1. The molecule has 0 fully saturated rings. The molecular formula is C19H27NO4. The molecule has 0 N–H and O–H groups in total. The fraction of sp³-hybridized carbons (Fsp3) is 0.579. The van der Waals surface area contributed by atoms with Crippen molar-refractivity contribution in [2.45, 2.75) is 52.6 Å². The number of hydrogen-bond acceptors (Lipinski definition) is 4. The van der Waals surface area contributed by atoms with Crippen molar-refractivity contribution in [3.05, 3.63) is 23.8 Å². The Kier molecular flexibility index (Phi) is 5.86. The summed E-state index contributed by atoms with van der Waals surface area (Å²) in [6.45, 7) is 8.91. The summed E-state index contributed by atoms with van der Waals surface area (Å²) in [5, 5.41) is 0. The smallest absolute Gasteiger partial charge is 0.306 e. The Labute approximate surface area is 143 Å². The van der Waals surface area contributed by atoms with Crippen LogP contribution < -0.4 is 9.64 Å². The van der Waals surface area contributed by atoms with Crippen molar-refractivity contribution in [3.8, 4) is 5.75 Å². The highest BCUT2D eigenvalue weighted by molar-refractivity contribution is 5.97. The molecule has 0 radical (unpaired) electrons. The van der Waals surface area contributed by atoms with Crippen LogP contribution in [0.2, 0.25) is 0 Å². The molecule has 1 aliphatic rings. The molecule has 1 aromatic carbocycles. The van der Waals surface area contributed by atoms with Crippen molar-refractivity contribution in [2.24, 2.45) is 5.92 Å². The zero-order chi connectivity index (χ0) is 17.9. The van der Waals surface area contributed by atoms with Gasteiger partial charge in [0.2, 0.25) is 5.91 Å². The van der Waals surface area contributed by atoms with Gasteiger partial charge in [0, 0.05) is 6.42 Å². The van der Waals surface area contributed by atoms with Crippen LogP contribution in [-0.2, 0) is 14.3 Å². The standard InChI is InChI=1S/C19H27NO4/c1-12(2)14-7-6-8-15-19(14)24-16(13(3)4)11-20(15)17(21)9-10-18(22)23-5/h6-8,12-13,16H,9-11H2,1-5H3. The third-order valence-corrected chi connectivity index (χ3v) is 4.38. The van der Waals surface area contributed by atoms with Crippen LogP contribution in [0.15, 0.2) is 18.2 Å². The van der Waals surface area contributed by atoms with Crippen molar-refractivity contribution in [2.75, 3.05) is 18.6 Å². The molecule has 24 heavy (non-hydrogen) atoms. The molecule has 1 amide bonds. The lowest BCUT2D eigenvalue weighted by molar-refractivity contribution is -0.141. The number of nitrogens with zero attached hydrogens (tertiary/aromatic N) is 1. The quantitative estimate of drug-likeness (QED) is 0.774. The third-order valence-electron chi connectivity index (χ3n) is 4.38. The molecule has 1 heterocycles. The second kappa shape index (κ2) is 7.69. The normalized spacial score (nSPS) is 16.8. The van der Waals surface area contributed by atoms with Crippen LogP contribution in [0, 0.1) is 5.92 Å². The second-order valence-corrected chi connectivity index (χ2v) is 6.83. The van der Waals surface area contributed by atoms with Crippen LogP contribution in [0.25, 0.3) is 0 Å². The predicted octanol–water partition coefficient (Wildman–Crippen LogP) is 3.51. The van der Waals surface area contributed by atoms with Gasteiger partial charge in [-0.15, -0.1) is 0 Å². The molecule has 132 valence electrons. The summed E-state index contributed by atoms with van der Waals surface area (Å²) in [5.74, 6) is 0.945. The Bertz CT molecular complexity index is 609. The first-order chi connectivity index (χ1) is 11.3. The zero-order valence-electron chi connectivity index (χ0n) is 15.2. The maximum Gasteiger partial charge on any atom is 0.306 e. The van der Waals surface area contributed by atoms with E-state index < -0.39 is 0 Å². The fourth-order valence-corrected chi connectivity index (χ4v) is 2.83. The summed E-state index contributed by atoms with van der Waals surface area (Å²) >= 11 is 0. The number of carbonyl (C=O) groups excluding carboxylic acids is 2. The monoisotopic (exact) mass is 333 g/mol. The Hall–Kier alpha value is -2.04. The van der Waals surface area contributed by atoms with E-state index >= 15 is 0 Å². The maximum absolute atomic E-state index is 12.7. The van der Waals surface area contributed by atoms with E-state index in [0.29, 0.717) is 12.5 Å². The molecule has 0 aromatic heterocycles. The van der Waals surface area contributed by atoms with Crippen LogP contribution in [0.1, 0.15) is 52.0 Å². The van der Waals surface area contributed by atoms with E-state index in [0.717, 1.165) is 17.0 Å². The lowest BCUT2D eigenvalue weighted by atomic mass is 9.97. The number of para-hydroxylation sites is 1. The number of amides is 1. The largest absolute Gasteiger partial charge is 0.486 e. The summed E-state index contributed by atoms with van der Waals surface area (Å²) < 4.78 is 10.9. The minimum atomic E-state index is -0.367. The highest BCUT2D eigenvalue weighted by Crippen LogP contribution is 2.41. The van der Waals surface area contributed by atoms with Gasteiger partial charge < -0.3 is 14.4 Å². The number of benzene rings is 1. The molecule has 1 unspecified atom stereocenters. The molecule has 2 rings (SSSR count). The van der Waals surface area contributed by atoms with Crippen LogP contribution in [-0.4, -0.2) is 31.6 Å². The van der Waals surface area contributed by atoms with Gasteiger partial charge in [-0.05, 0) is 23.5 Å². The minimum absolute atomic E-state index is 0.0560. The van der Waals surface area contributed by atoms with Crippen molar-refractivity contribution in [3.63, 3.8) is 0 Å². The summed E-state index contributed by atoms with van der Waals surface area (Å²) in [6, 6.07) is 5.91. The number of hydrogen-bond donors (Lipinski definition) is 0. The molecule has 1 aromatic rings. The number of fused-ring (bicyclic) bond motifs is 1. The molecule has 5 nitrogen and oxygen atoms in total. The van der Waals surface area contributed by atoms with Crippen LogP contribution >= 0.6 is 0 Å². The minimum Gasteiger partial charge on any atom is -0.486 e.